The van der Waals surface area contributed by atoms with Crippen LogP contribution in [0.25, 0.3) is 11.3 Å². The van der Waals surface area contributed by atoms with E-state index < -0.39 is 0 Å². The maximum atomic E-state index is 12.4. The highest BCUT2D eigenvalue weighted by molar-refractivity contribution is 7.14. The molecule has 1 N–H and O–H groups in total. The van der Waals surface area contributed by atoms with Crippen LogP contribution < -0.4 is 19.7 Å². The fourth-order valence-electron chi connectivity index (χ4n) is 3.61. The fraction of sp³-hybridized carbons (Fsp3) is 0.292. The first-order chi connectivity index (χ1) is 15.5. The average Bonchev–Trinajstić information content (AvgIpc) is 3.23. The Kier molecular flexibility index (Phi) is 6.41. The maximum absolute atomic E-state index is 12.4. The van der Waals surface area contributed by atoms with Gasteiger partial charge in [0.25, 0.3) is 11.8 Å². The first-order valence-corrected chi connectivity index (χ1v) is 11.4. The number of aryl methyl sites for hydroxylation is 2. The predicted octanol–water partition coefficient (Wildman–Crippen LogP) is 4.58. The standard InChI is InChI=1S/C24H25N3O4S/c1-4-10-27-19-11-17(8-9-20(19)30-13-22(27)29)18-14-32-24(25-18)26-21(28)12-31-23-15(2)6-5-7-16(23)3/h5-9,11,14H,4,10,12-13H2,1-3H3,(H,25,26,28). The molecule has 0 bridgehead atoms. The summed E-state index contributed by atoms with van der Waals surface area (Å²) in [6.07, 6.45) is 0.854. The molecule has 0 spiro atoms. The van der Waals surface area contributed by atoms with Gasteiger partial charge in [-0.25, -0.2) is 4.98 Å². The third-order valence-corrected chi connectivity index (χ3v) is 5.91. The quantitative estimate of drug-likeness (QED) is 0.569. The number of amides is 2. The number of para-hydroxylation sites is 1. The highest BCUT2D eigenvalue weighted by atomic mass is 32.1. The van der Waals surface area contributed by atoms with Crippen LogP contribution in [0.4, 0.5) is 10.8 Å². The molecule has 0 saturated heterocycles. The van der Waals surface area contributed by atoms with Gasteiger partial charge in [-0.3, -0.25) is 14.9 Å². The van der Waals surface area contributed by atoms with Crippen LogP contribution in [-0.4, -0.2) is 36.6 Å². The molecule has 1 aliphatic rings. The van der Waals surface area contributed by atoms with Crippen LogP contribution in [0.15, 0.2) is 41.8 Å². The number of thiazole rings is 1. The van der Waals surface area contributed by atoms with Crippen molar-refractivity contribution in [3.63, 3.8) is 0 Å². The van der Waals surface area contributed by atoms with Crippen LogP contribution in [0.2, 0.25) is 0 Å². The molecule has 2 heterocycles. The molecule has 2 amide bonds. The van der Waals surface area contributed by atoms with Gasteiger partial charge in [-0.05, 0) is 49.6 Å². The largest absolute Gasteiger partial charge is 0.483 e. The minimum Gasteiger partial charge on any atom is -0.483 e. The van der Waals surface area contributed by atoms with Gasteiger partial charge >= 0.3 is 0 Å². The van der Waals surface area contributed by atoms with Gasteiger partial charge in [0.1, 0.15) is 11.5 Å². The number of benzene rings is 2. The average molecular weight is 452 g/mol. The van der Waals surface area contributed by atoms with Crippen LogP contribution >= 0.6 is 11.3 Å². The van der Waals surface area contributed by atoms with E-state index in [0.717, 1.165) is 40.2 Å². The number of anilines is 2. The van der Waals surface area contributed by atoms with E-state index in [9.17, 15) is 9.59 Å². The molecule has 0 radical (unpaired) electrons. The summed E-state index contributed by atoms with van der Waals surface area (Å²) in [5.74, 6) is 1.10. The molecular formula is C24H25N3O4S. The molecule has 2 aromatic carbocycles. The topological polar surface area (TPSA) is 80.8 Å². The molecule has 1 aromatic heterocycles. The first-order valence-electron chi connectivity index (χ1n) is 10.5. The summed E-state index contributed by atoms with van der Waals surface area (Å²) in [4.78, 5) is 30.9. The highest BCUT2D eigenvalue weighted by Crippen LogP contribution is 2.37. The summed E-state index contributed by atoms with van der Waals surface area (Å²) in [6.45, 7) is 6.54. The van der Waals surface area contributed by atoms with Crippen molar-refractivity contribution < 1.29 is 19.1 Å². The van der Waals surface area contributed by atoms with Crippen LogP contribution in [0, 0.1) is 13.8 Å². The number of ether oxygens (including phenoxy) is 2. The number of carbonyl (C=O) groups excluding carboxylic acids is 2. The van der Waals surface area contributed by atoms with E-state index >= 15 is 0 Å². The van der Waals surface area contributed by atoms with Crippen molar-refractivity contribution in [2.45, 2.75) is 27.2 Å². The van der Waals surface area contributed by atoms with E-state index in [4.69, 9.17) is 9.47 Å². The number of nitrogens with one attached hydrogen (secondary N) is 1. The van der Waals surface area contributed by atoms with Gasteiger partial charge < -0.3 is 14.4 Å². The third-order valence-electron chi connectivity index (χ3n) is 5.15. The zero-order chi connectivity index (χ0) is 22.7. The third kappa shape index (κ3) is 4.60. The second kappa shape index (κ2) is 9.40. The van der Waals surface area contributed by atoms with Gasteiger partial charge in [-0.2, -0.15) is 0 Å². The SMILES string of the molecule is CCCN1C(=O)COc2ccc(-c3csc(NC(=O)COc4c(C)cccc4C)n3)cc21. The van der Waals surface area contributed by atoms with E-state index in [1.807, 2.05) is 62.5 Å². The van der Waals surface area contributed by atoms with Crippen molar-refractivity contribution >= 4 is 34.0 Å². The molecule has 166 valence electrons. The number of aromatic nitrogens is 1. The summed E-state index contributed by atoms with van der Waals surface area (Å²) in [5.41, 5.74) is 4.30. The molecule has 0 fully saturated rings. The Balaban J connectivity index is 1.45. The van der Waals surface area contributed by atoms with Gasteiger partial charge in [-0.15, -0.1) is 11.3 Å². The van der Waals surface area contributed by atoms with E-state index in [2.05, 4.69) is 10.3 Å². The summed E-state index contributed by atoms with van der Waals surface area (Å²) in [5, 5.41) is 5.16. The molecule has 7 nitrogen and oxygen atoms in total. The highest BCUT2D eigenvalue weighted by Gasteiger charge is 2.25. The zero-order valence-corrected chi connectivity index (χ0v) is 19.1. The Bertz CT molecular complexity index is 1140. The molecule has 8 heteroatoms. The summed E-state index contributed by atoms with van der Waals surface area (Å²) in [7, 11) is 0. The van der Waals surface area contributed by atoms with Gasteiger partial charge in [0.05, 0.1) is 11.4 Å². The van der Waals surface area contributed by atoms with E-state index in [0.29, 0.717) is 17.4 Å². The van der Waals surface area contributed by atoms with Crippen LogP contribution in [0.3, 0.4) is 0 Å². The van der Waals surface area contributed by atoms with E-state index in [1.54, 1.807) is 4.90 Å². The molecular weight excluding hydrogens is 426 g/mol. The summed E-state index contributed by atoms with van der Waals surface area (Å²) < 4.78 is 11.3. The van der Waals surface area contributed by atoms with E-state index in [-0.39, 0.29) is 25.0 Å². The van der Waals surface area contributed by atoms with Crippen LogP contribution in [0.5, 0.6) is 11.5 Å². The second-order valence-electron chi connectivity index (χ2n) is 7.61. The van der Waals surface area contributed by atoms with Crippen molar-refractivity contribution in [2.24, 2.45) is 0 Å². The minimum atomic E-state index is -0.271. The maximum Gasteiger partial charge on any atom is 0.265 e. The Morgan fingerprint density at radius 2 is 2.03 bits per heavy atom. The molecule has 0 atom stereocenters. The van der Waals surface area contributed by atoms with Gasteiger partial charge in [0.15, 0.2) is 18.3 Å². The van der Waals surface area contributed by atoms with Gasteiger partial charge in [-0.1, -0.05) is 25.1 Å². The number of nitrogens with zero attached hydrogens (tertiary/aromatic N) is 2. The number of hydrogen-bond acceptors (Lipinski definition) is 6. The lowest BCUT2D eigenvalue weighted by atomic mass is 10.1. The lowest BCUT2D eigenvalue weighted by molar-refractivity contribution is -0.121. The Hall–Kier alpha value is -3.39. The predicted molar refractivity (Wildman–Crippen MR) is 126 cm³/mol. The molecule has 32 heavy (non-hydrogen) atoms. The number of fused-ring (bicyclic) bond motifs is 1. The second-order valence-corrected chi connectivity index (χ2v) is 8.47. The molecule has 1 aliphatic heterocycles. The molecule has 4 rings (SSSR count). The lowest BCUT2D eigenvalue weighted by Crippen LogP contribution is -2.39. The Labute approximate surface area is 191 Å². The van der Waals surface area contributed by atoms with Crippen LogP contribution in [-0.2, 0) is 9.59 Å². The Morgan fingerprint density at radius 1 is 1.25 bits per heavy atom. The van der Waals surface area contributed by atoms with Gasteiger partial charge in [0, 0.05) is 17.5 Å². The van der Waals surface area contributed by atoms with Crippen LogP contribution in [0.1, 0.15) is 24.5 Å². The number of carbonyl (C=O) groups is 2. The summed E-state index contributed by atoms with van der Waals surface area (Å²) >= 11 is 1.34. The minimum absolute atomic E-state index is 0.0494. The molecule has 0 unspecified atom stereocenters. The van der Waals surface area contributed by atoms with Gasteiger partial charge in [0.2, 0.25) is 0 Å². The molecule has 3 aromatic rings. The normalized spacial score (nSPS) is 12.8. The van der Waals surface area contributed by atoms with Crippen molar-refractivity contribution in [1.82, 2.24) is 4.98 Å². The fourth-order valence-corrected chi connectivity index (χ4v) is 4.35. The first kappa shape index (κ1) is 21.8. The van der Waals surface area contributed by atoms with Crippen molar-refractivity contribution in [1.29, 1.82) is 0 Å². The molecule has 0 saturated carbocycles. The van der Waals surface area contributed by atoms with Crippen molar-refractivity contribution in [2.75, 3.05) is 30.0 Å². The van der Waals surface area contributed by atoms with Crippen molar-refractivity contribution in [3.8, 4) is 22.8 Å². The lowest BCUT2D eigenvalue weighted by Gasteiger charge is -2.29. The smallest absolute Gasteiger partial charge is 0.265 e. The number of hydrogen-bond donors (Lipinski definition) is 1. The van der Waals surface area contributed by atoms with Crippen molar-refractivity contribution in [3.05, 3.63) is 52.9 Å². The Morgan fingerprint density at radius 3 is 2.78 bits per heavy atom. The summed E-state index contributed by atoms with van der Waals surface area (Å²) in [6, 6.07) is 11.5. The molecule has 0 aliphatic carbocycles. The zero-order valence-electron chi connectivity index (χ0n) is 18.3. The number of rotatable bonds is 7. The van der Waals surface area contributed by atoms with E-state index in [1.165, 1.54) is 11.3 Å². The monoisotopic (exact) mass is 451 g/mol.